The van der Waals surface area contributed by atoms with Gasteiger partial charge in [0, 0.05) is 27.5 Å². The number of rotatable bonds is 8. The molecule has 3 aromatic rings. The lowest BCUT2D eigenvalue weighted by Gasteiger charge is -2.29. The molecule has 8 heteroatoms. The Morgan fingerprint density at radius 3 is 2.43 bits per heavy atom. The van der Waals surface area contributed by atoms with Crippen LogP contribution in [-0.2, 0) is 16.0 Å². The van der Waals surface area contributed by atoms with E-state index < -0.39 is 5.92 Å². The van der Waals surface area contributed by atoms with Crippen LogP contribution in [0.4, 0.5) is 11.4 Å². The third-order valence-corrected chi connectivity index (χ3v) is 8.09. The van der Waals surface area contributed by atoms with Crippen molar-refractivity contribution in [1.82, 2.24) is 5.32 Å². The summed E-state index contributed by atoms with van der Waals surface area (Å²) in [6, 6.07) is 21.5. The molecule has 37 heavy (non-hydrogen) atoms. The highest BCUT2D eigenvalue weighted by Gasteiger charge is 2.35. The zero-order chi connectivity index (χ0) is 26.4. The van der Waals surface area contributed by atoms with Crippen molar-refractivity contribution in [2.45, 2.75) is 33.1 Å². The maximum Gasteiger partial charge on any atom is 0.254 e. The SMILES string of the molecule is CCc1ccccc1NC(=O)CSC1=C(C#N)[C@H](c2cccs2)C(C(=O)Nc2ccccc2C)=C(C)N1. The molecule has 0 radical (unpaired) electrons. The summed E-state index contributed by atoms with van der Waals surface area (Å²) in [4.78, 5) is 27.2. The fraction of sp³-hybridized carbons (Fsp3) is 0.207. The highest BCUT2D eigenvalue weighted by Crippen LogP contribution is 2.42. The van der Waals surface area contributed by atoms with Crippen molar-refractivity contribution >= 4 is 46.3 Å². The van der Waals surface area contributed by atoms with Crippen molar-refractivity contribution in [1.29, 1.82) is 5.26 Å². The average Bonchev–Trinajstić information content (AvgIpc) is 3.43. The normalized spacial score (nSPS) is 15.1. The van der Waals surface area contributed by atoms with E-state index in [0.717, 1.165) is 33.8 Å². The highest BCUT2D eigenvalue weighted by atomic mass is 32.2. The minimum absolute atomic E-state index is 0.126. The molecule has 4 rings (SSSR count). The Kier molecular flexibility index (Phi) is 8.49. The van der Waals surface area contributed by atoms with Crippen LogP contribution in [0.15, 0.2) is 87.9 Å². The molecule has 3 N–H and O–H groups in total. The monoisotopic (exact) mass is 528 g/mol. The van der Waals surface area contributed by atoms with Gasteiger partial charge in [0.25, 0.3) is 5.91 Å². The van der Waals surface area contributed by atoms with Gasteiger partial charge in [-0.05, 0) is 55.0 Å². The van der Waals surface area contributed by atoms with Crippen LogP contribution in [0.25, 0.3) is 0 Å². The Bertz CT molecular complexity index is 1420. The van der Waals surface area contributed by atoms with E-state index in [4.69, 9.17) is 0 Å². The maximum absolute atomic E-state index is 13.5. The molecule has 1 aliphatic rings. The molecule has 0 aliphatic carbocycles. The molecule has 2 aromatic carbocycles. The van der Waals surface area contributed by atoms with Gasteiger partial charge in [-0.25, -0.2) is 0 Å². The molecule has 2 amide bonds. The number of carbonyl (C=O) groups is 2. The van der Waals surface area contributed by atoms with E-state index >= 15 is 0 Å². The minimum Gasteiger partial charge on any atom is -0.353 e. The van der Waals surface area contributed by atoms with Crippen molar-refractivity contribution in [3.63, 3.8) is 0 Å². The van der Waals surface area contributed by atoms with E-state index in [-0.39, 0.29) is 17.6 Å². The summed E-state index contributed by atoms with van der Waals surface area (Å²) in [5, 5.41) is 22.0. The molecule has 6 nitrogen and oxygen atoms in total. The van der Waals surface area contributed by atoms with Crippen LogP contribution < -0.4 is 16.0 Å². The van der Waals surface area contributed by atoms with Crippen LogP contribution in [-0.4, -0.2) is 17.6 Å². The molecule has 1 aliphatic heterocycles. The quantitative estimate of drug-likeness (QED) is 0.318. The lowest BCUT2D eigenvalue weighted by molar-refractivity contribution is -0.114. The van der Waals surface area contributed by atoms with Crippen molar-refractivity contribution in [3.8, 4) is 6.07 Å². The number of allylic oxidation sites excluding steroid dienone is 2. The van der Waals surface area contributed by atoms with Gasteiger partial charge in [-0.3, -0.25) is 9.59 Å². The first-order chi connectivity index (χ1) is 17.9. The van der Waals surface area contributed by atoms with Gasteiger partial charge < -0.3 is 16.0 Å². The summed E-state index contributed by atoms with van der Waals surface area (Å²) in [6.07, 6.45) is 0.814. The smallest absolute Gasteiger partial charge is 0.254 e. The van der Waals surface area contributed by atoms with Crippen LogP contribution >= 0.6 is 23.1 Å². The van der Waals surface area contributed by atoms with Gasteiger partial charge in [0.05, 0.1) is 28.3 Å². The predicted octanol–water partition coefficient (Wildman–Crippen LogP) is 6.33. The molecule has 2 heterocycles. The molecule has 0 unspecified atom stereocenters. The summed E-state index contributed by atoms with van der Waals surface area (Å²) in [7, 11) is 0. The van der Waals surface area contributed by atoms with E-state index in [9.17, 15) is 14.9 Å². The summed E-state index contributed by atoms with van der Waals surface area (Å²) >= 11 is 2.77. The standard InChI is InChI=1S/C29H28N4O2S2/c1-4-20-11-6-8-13-23(20)32-25(34)17-37-29-21(16-30)27(24-14-9-15-36-24)26(19(3)31-29)28(35)33-22-12-7-5-10-18(22)2/h5-15,27,31H,4,17H2,1-3H3,(H,32,34)(H,33,35)/t27-/m1/s1. The maximum atomic E-state index is 13.5. The van der Waals surface area contributed by atoms with Crippen LogP contribution in [0, 0.1) is 18.3 Å². The molecule has 1 atom stereocenters. The number of thioether (sulfide) groups is 1. The first-order valence-electron chi connectivity index (χ1n) is 12.0. The van der Waals surface area contributed by atoms with Gasteiger partial charge in [0.1, 0.15) is 0 Å². The van der Waals surface area contributed by atoms with Gasteiger partial charge in [0.15, 0.2) is 0 Å². The summed E-state index contributed by atoms with van der Waals surface area (Å²) in [6.45, 7) is 5.81. The van der Waals surface area contributed by atoms with Crippen molar-refractivity contribution in [3.05, 3.63) is 104 Å². The zero-order valence-electron chi connectivity index (χ0n) is 20.9. The lowest BCUT2D eigenvalue weighted by Crippen LogP contribution is -2.31. The number of para-hydroxylation sites is 2. The third kappa shape index (κ3) is 5.96. The third-order valence-electron chi connectivity index (χ3n) is 6.13. The second-order valence-electron chi connectivity index (χ2n) is 8.58. The molecule has 0 fully saturated rings. The minimum atomic E-state index is -0.526. The second kappa shape index (κ2) is 12.0. The van der Waals surface area contributed by atoms with Gasteiger partial charge in [0.2, 0.25) is 5.91 Å². The first-order valence-corrected chi connectivity index (χ1v) is 13.8. The second-order valence-corrected chi connectivity index (χ2v) is 10.5. The number of benzene rings is 2. The zero-order valence-corrected chi connectivity index (χ0v) is 22.6. The topological polar surface area (TPSA) is 94.0 Å². The number of anilines is 2. The molecule has 0 saturated carbocycles. The number of amides is 2. The Balaban J connectivity index is 1.59. The predicted molar refractivity (Wildman–Crippen MR) is 152 cm³/mol. The fourth-order valence-corrected chi connectivity index (χ4v) is 5.98. The number of nitrogens with zero attached hydrogens (tertiary/aromatic N) is 1. The first kappa shape index (κ1) is 26.3. The number of aryl methyl sites for hydroxylation is 2. The highest BCUT2D eigenvalue weighted by molar-refractivity contribution is 8.03. The summed E-state index contributed by atoms with van der Waals surface area (Å²) in [5.74, 6) is -0.819. The van der Waals surface area contributed by atoms with Gasteiger partial charge in [-0.1, -0.05) is 61.2 Å². The van der Waals surface area contributed by atoms with Crippen LogP contribution in [0.5, 0.6) is 0 Å². The molecule has 0 bridgehead atoms. The van der Waals surface area contributed by atoms with E-state index in [1.165, 1.54) is 23.1 Å². The van der Waals surface area contributed by atoms with Crippen molar-refractivity contribution in [2.75, 3.05) is 16.4 Å². The molecule has 188 valence electrons. The Morgan fingerprint density at radius 1 is 1.03 bits per heavy atom. The van der Waals surface area contributed by atoms with E-state index in [2.05, 4.69) is 22.0 Å². The molecular formula is C29H28N4O2S2. The van der Waals surface area contributed by atoms with E-state index in [0.29, 0.717) is 21.9 Å². The summed E-state index contributed by atoms with van der Waals surface area (Å²) < 4.78 is 0. The number of hydrogen-bond acceptors (Lipinski definition) is 6. The van der Waals surface area contributed by atoms with Crippen LogP contribution in [0.3, 0.4) is 0 Å². The van der Waals surface area contributed by atoms with Crippen molar-refractivity contribution < 1.29 is 9.59 Å². The van der Waals surface area contributed by atoms with Gasteiger partial charge in [-0.15, -0.1) is 11.3 Å². The Hall–Kier alpha value is -3.80. The van der Waals surface area contributed by atoms with Crippen molar-refractivity contribution in [2.24, 2.45) is 0 Å². The molecule has 0 saturated heterocycles. The number of nitriles is 1. The largest absolute Gasteiger partial charge is 0.353 e. The Labute approximate surface area is 225 Å². The number of hydrogen-bond donors (Lipinski definition) is 3. The lowest BCUT2D eigenvalue weighted by atomic mass is 9.86. The van der Waals surface area contributed by atoms with Gasteiger partial charge >= 0.3 is 0 Å². The van der Waals surface area contributed by atoms with Gasteiger partial charge in [-0.2, -0.15) is 5.26 Å². The molecule has 0 spiro atoms. The van der Waals surface area contributed by atoms with Crippen LogP contribution in [0.1, 0.15) is 35.8 Å². The molecular weight excluding hydrogens is 500 g/mol. The number of dihydropyridines is 1. The average molecular weight is 529 g/mol. The summed E-state index contributed by atoms with van der Waals surface area (Å²) in [5.41, 5.74) is 5.11. The number of thiophene rings is 1. The molecule has 1 aromatic heterocycles. The van der Waals surface area contributed by atoms with E-state index in [1.807, 2.05) is 86.8 Å². The number of carbonyl (C=O) groups excluding carboxylic acids is 2. The van der Waals surface area contributed by atoms with E-state index in [1.54, 1.807) is 0 Å². The van der Waals surface area contributed by atoms with Crippen LogP contribution in [0.2, 0.25) is 0 Å². The Morgan fingerprint density at radius 2 is 1.76 bits per heavy atom. The number of nitrogens with one attached hydrogen (secondary N) is 3. The fourth-order valence-electron chi connectivity index (χ4n) is 4.24.